The van der Waals surface area contributed by atoms with Crippen molar-refractivity contribution in [3.8, 4) is 0 Å². The van der Waals surface area contributed by atoms with Crippen LogP contribution in [0.4, 0.5) is 0 Å². The van der Waals surface area contributed by atoms with Crippen molar-refractivity contribution in [3.63, 3.8) is 0 Å². The zero-order valence-electron chi connectivity index (χ0n) is 11.8. The molecule has 1 fully saturated rings. The Morgan fingerprint density at radius 1 is 1.21 bits per heavy atom. The number of nitrogens with one attached hydrogen (secondary N) is 1. The van der Waals surface area contributed by atoms with E-state index in [0.717, 1.165) is 17.4 Å². The Hall–Kier alpha value is -0.570. The second-order valence-corrected chi connectivity index (χ2v) is 6.38. The zero-order chi connectivity index (χ0) is 13.8. The molecule has 0 saturated heterocycles. The van der Waals surface area contributed by atoms with Crippen molar-refractivity contribution < 1.29 is 5.11 Å². The van der Waals surface area contributed by atoms with Crippen molar-refractivity contribution in [2.45, 2.75) is 45.3 Å². The van der Waals surface area contributed by atoms with E-state index in [-0.39, 0.29) is 0 Å². The molecule has 2 N–H and O–H groups in total. The molecule has 1 aliphatic rings. The highest BCUT2D eigenvalue weighted by atomic mass is 35.5. The van der Waals surface area contributed by atoms with Gasteiger partial charge in [-0.1, -0.05) is 37.6 Å². The zero-order valence-corrected chi connectivity index (χ0v) is 12.5. The summed E-state index contributed by atoms with van der Waals surface area (Å²) < 4.78 is 0. The smallest absolute Gasteiger partial charge is 0.0914 e. The lowest BCUT2D eigenvalue weighted by Crippen LogP contribution is -2.38. The van der Waals surface area contributed by atoms with Crippen molar-refractivity contribution >= 4 is 11.6 Å². The molecule has 1 aliphatic carbocycles. The van der Waals surface area contributed by atoms with Gasteiger partial charge in [0.2, 0.25) is 0 Å². The molecule has 1 aromatic rings. The van der Waals surface area contributed by atoms with Crippen LogP contribution in [0.3, 0.4) is 0 Å². The summed E-state index contributed by atoms with van der Waals surface area (Å²) in [4.78, 5) is 0. The molecule has 1 saturated carbocycles. The Labute approximate surface area is 121 Å². The van der Waals surface area contributed by atoms with Gasteiger partial charge in [-0.2, -0.15) is 0 Å². The molecule has 0 spiro atoms. The molecule has 106 valence electrons. The molecule has 3 heteroatoms. The predicted molar refractivity (Wildman–Crippen MR) is 80.4 cm³/mol. The minimum absolute atomic E-state index is 0.452. The standard InChI is InChI=1S/C16H24ClNO/c1-11-3-8-15(9-12(11)2)18-10-16(19)13-4-6-14(17)7-5-13/h4-7,11-12,15-16,18-19H,3,8-10H2,1-2H3. The van der Waals surface area contributed by atoms with Gasteiger partial charge in [-0.3, -0.25) is 0 Å². The Morgan fingerprint density at radius 2 is 1.89 bits per heavy atom. The van der Waals surface area contributed by atoms with Gasteiger partial charge in [-0.25, -0.2) is 0 Å². The third-order valence-electron chi connectivity index (χ3n) is 4.45. The van der Waals surface area contributed by atoms with E-state index in [2.05, 4.69) is 19.2 Å². The summed E-state index contributed by atoms with van der Waals surface area (Å²) in [5, 5.41) is 14.4. The largest absolute Gasteiger partial charge is 0.387 e. The van der Waals surface area contributed by atoms with Gasteiger partial charge in [0.25, 0.3) is 0 Å². The molecule has 1 aromatic carbocycles. The molecule has 4 atom stereocenters. The summed E-state index contributed by atoms with van der Waals surface area (Å²) >= 11 is 5.85. The van der Waals surface area contributed by atoms with Crippen LogP contribution in [-0.4, -0.2) is 17.7 Å². The first-order valence-electron chi connectivity index (χ1n) is 7.23. The van der Waals surface area contributed by atoms with E-state index >= 15 is 0 Å². The van der Waals surface area contributed by atoms with Crippen molar-refractivity contribution in [2.24, 2.45) is 11.8 Å². The normalized spacial score (nSPS) is 29.2. The number of aliphatic hydroxyl groups is 1. The van der Waals surface area contributed by atoms with Crippen molar-refractivity contribution in [1.82, 2.24) is 5.32 Å². The fourth-order valence-electron chi connectivity index (χ4n) is 2.81. The first kappa shape index (κ1) is 14.8. The number of halogens is 1. The van der Waals surface area contributed by atoms with Crippen molar-refractivity contribution in [2.75, 3.05) is 6.54 Å². The molecule has 19 heavy (non-hydrogen) atoms. The first-order valence-corrected chi connectivity index (χ1v) is 7.61. The SMILES string of the molecule is CC1CCC(NCC(O)c2ccc(Cl)cc2)CC1C. The van der Waals surface area contributed by atoms with Crippen molar-refractivity contribution in [1.29, 1.82) is 0 Å². The lowest BCUT2D eigenvalue weighted by Gasteiger charge is -2.33. The van der Waals surface area contributed by atoms with Crippen LogP contribution >= 0.6 is 11.6 Å². The van der Waals surface area contributed by atoms with Gasteiger partial charge in [0.05, 0.1) is 6.10 Å². The highest BCUT2D eigenvalue weighted by molar-refractivity contribution is 6.30. The van der Waals surface area contributed by atoms with Gasteiger partial charge in [0, 0.05) is 17.6 Å². The Balaban J connectivity index is 1.80. The number of benzene rings is 1. The molecule has 2 nitrogen and oxygen atoms in total. The van der Waals surface area contributed by atoms with Crippen LogP contribution in [0.15, 0.2) is 24.3 Å². The monoisotopic (exact) mass is 281 g/mol. The van der Waals surface area contributed by atoms with E-state index in [1.165, 1.54) is 19.3 Å². The second kappa shape index (κ2) is 6.74. The summed E-state index contributed by atoms with van der Waals surface area (Å²) in [6.07, 6.45) is 3.27. The van der Waals surface area contributed by atoms with Gasteiger partial charge in [0.1, 0.15) is 0 Å². The van der Waals surface area contributed by atoms with Crippen LogP contribution < -0.4 is 5.32 Å². The van der Waals surface area contributed by atoms with Gasteiger partial charge >= 0.3 is 0 Å². The van der Waals surface area contributed by atoms with E-state index < -0.39 is 6.10 Å². The maximum Gasteiger partial charge on any atom is 0.0914 e. The van der Waals surface area contributed by atoms with E-state index in [4.69, 9.17) is 11.6 Å². The highest BCUT2D eigenvalue weighted by Gasteiger charge is 2.24. The molecular formula is C16H24ClNO. The van der Waals surface area contributed by atoms with Gasteiger partial charge in [0.15, 0.2) is 0 Å². The molecule has 0 radical (unpaired) electrons. The average molecular weight is 282 g/mol. The fourth-order valence-corrected chi connectivity index (χ4v) is 2.94. The Morgan fingerprint density at radius 3 is 2.53 bits per heavy atom. The van der Waals surface area contributed by atoms with Crippen LogP contribution in [0.2, 0.25) is 5.02 Å². The third kappa shape index (κ3) is 4.20. The van der Waals surface area contributed by atoms with Crippen LogP contribution in [0.1, 0.15) is 44.8 Å². The summed E-state index contributed by atoms with van der Waals surface area (Å²) in [6, 6.07) is 7.98. The molecule has 0 bridgehead atoms. The van der Waals surface area contributed by atoms with Crippen LogP contribution in [0, 0.1) is 11.8 Å². The second-order valence-electron chi connectivity index (χ2n) is 5.94. The lowest BCUT2D eigenvalue weighted by atomic mass is 9.79. The summed E-state index contributed by atoms with van der Waals surface area (Å²) in [5.41, 5.74) is 0.925. The fraction of sp³-hybridized carbons (Fsp3) is 0.625. The minimum Gasteiger partial charge on any atom is -0.387 e. The molecule has 0 heterocycles. The van der Waals surface area contributed by atoms with Gasteiger partial charge < -0.3 is 10.4 Å². The van der Waals surface area contributed by atoms with Crippen LogP contribution in [0.5, 0.6) is 0 Å². The maximum atomic E-state index is 10.2. The number of hydrogen-bond acceptors (Lipinski definition) is 2. The maximum absolute atomic E-state index is 10.2. The molecule has 2 rings (SSSR count). The van der Waals surface area contributed by atoms with Gasteiger partial charge in [-0.15, -0.1) is 0 Å². The quantitative estimate of drug-likeness (QED) is 0.880. The van der Waals surface area contributed by atoms with Gasteiger partial charge in [-0.05, 0) is 48.8 Å². The Bertz CT molecular complexity index is 392. The molecular weight excluding hydrogens is 258 g/mol. The summed E-state index contributed by atoms with van der Waals surface area (Å²) in [6.45, 7) is 5.28. The van der Waals surface area contributed by atoms with Crippen LogP contribution in [-0.2, 0) is 0 Å². The topological polar surface area (TPSA) is 32.3 Å². The van der Waals surface area contributed by atoms with E-state index in [1.807, 2.05) is 24.3 Å². The average Bonchev–Trinajstić information content (AvgIpc) is 2.40. The van der Waals surface area contributed by atoms with E-state index in [9.17, 15) is 5.11 Å². The third-order valence-corrected chi connectivity index (χ3v) is 4.70. The number of hydrogen-bond donors (Lipinski definition) is 2. The van der Waals surface area contributed by atoms with E-state index in [1.54, 1.807) is 0 Å². The first-order chi connectivity index (χ1) is 9.06. The lowest BCUT2D eigenvalue weighted by molar-refractivity contribution is 0.154. The number of aliphatic hydroxyl groups excluding tert-OH is 1. The van der Waals surface area contributed by atoms with Crippen molar-refractivity contribution in [3.05, 3.63) is 34.9 Å². The highest BCUT2D eigenvalue weighted by Crippen LogP contribution is 2.29. The molecule has 0 aromatic heterocycles. The summed E-state index contributed by atoms with van der Waals surface area (Å²) in [7, 11) is 0. The van der Waals surface area contributed by atoms with Crippen LogP contribution in [0.25, 0.3) is 0 Å². The molecule has 0 aliphatic heterocycles. The van der Waals surface area contributed by atoms with E-state index in [0.29, 0.717) is 17.6 Å². The number of rotatable bonds is 4. The minimum atomic E-state index is -0.452. The summed E-state index contributed by atoms with van der Waals surface area (Å²) in [5.74, 6) is 1.61. The predicted octanol–water partition coefficient (Wildman–Crippen LogP) is 3.79. The molecule has 0 amide bonds. The molecule has 4 unspecified atom stereocenters. The Kier molecular flexibility index (Phi) is 5.26.